The first-order valence-electron chi connectivity index (χ1n) is 9.10. The maximum atomic E-state index is 12.6. The summed E-state index contributed by atoms with van der Waals surface area (Å²) in [5.41, 5.74) is 4.62. The summed E-state index contributed by atoms with van der Waals surface area (Å²) in [4.78, 5) is 35.8. The van der Waals surface area contributed by atoms with Crippen molar-refractivity contribution in [2.45, 2.75) is 44.6 Å². The van der Waals surface area contributed by atoms with E-state index in [1.54, 1.807) is 13.8 Å². The van der Waals surface area contributed by atoms with E-state index in [1.165, 1.54) is 35.5 Å². The van der Waals surface area contributed by atoms with Gasteiger partial charge in [0.2, 0.25) is 15.9 Å². The van der Waals surface area contributed by atoms with Gasteiger partial charge in [-0.15, -0.1) is 0 Å². The predicted octanol–water partition coefficient (Wildman–Crippen LogP) is 0.393. The molecule has 9 nitrogen and oxygen atoms in total. The largest absolute Gasteiger partial charge is 0.344 e. The Morgan fingerprint density at radius 1 is 1.07 bits per heavy atom. The van der Waals surface area contributed by atoms with Crippen molar-refractivity contribution in [1.29, 1.82) is 0 Å². The number of amides is 3. The third kappa shape index (κ3) is 5.29. The maximum Gasteiger partial charge on any atom is 0.269 e. The second kappa shape index (κ2) is 9.16. The third-order valence-electron chi connectivity index (χ3n) is 4.41. The molecule has 1 saturated heterocycles. The molecular weight excluding hydrogens is 384 g/mol. The number of rotatable bonds is 6. The normalized spacial score (nSPS) is 15.9. The van der Waals surface area contributed by atoms with Crippen LogP contribution in [0, 0.1) is 5.92 Å². The number of hydrogen-bond donors (Lipinski definition) is 3. The molecule has 0 aromatic heterocycles. The highest BCUT2D eigenvalue weighted by molar-refractivity contribution is 7.89. The molecule has 10 heteroatoms. The standard InChI is InChI=1S/C18H26N4O5S/c1-12(2)16(19-13(3)23)18(25)21-20-17(24)14-7-6-8-15(11-14)28(26,27)22-9-4-5-10-22/h6-8,11-12,16H,4-5,9-10H2,1-3H3,(H,19,23)(H,20,24)(H,21,25)/t16-/m0/s1. The number of nitrogens with one attached hydrogen (secondary N) is 3. The van der Waals surface area contributed by atoms with Crippen LogP contribution in [-0.4, -0.2) is 49.6 Å². The average molecular weight is 410 g/mol. The summed E-state index contributed by atoms with van der Waals surface area (Å²) < 4.78 is 26.6. The van der Waals surface area contributed by atoms with E-state index in [1.807, 2.05) is 0 Å². The van der Waals surface area contributed by atoms with E-state index in [2.05, 4.69) is 16.2 Å². The second-order valence-electron chi connectivity index (χ2n) is 7.00. The lowest BCUT2D eigenvalue weighted by Gasteiger charge is -2.21. The predicted molar refractivity (Wildman–Crippen MR) is 102 cm³/mol. The lowest BCUT2D eigenvalue weighted by atomic mass is 10.0. The highest BCUT2D eigenvalue weighted by Gasteiger charge is 2.28. The minimum absolute atomic E-state index is 0.0340. The smallest absolute Gasteiger partial charge is 0.269 e. The molecular formula is C18H26N4O5S. The van der Waals surface area contributed by atoms with E-state index < -0.39 is 27.9 Å². The SMILES string of the molecule is CC(=O)N[C@H](C(=O)NNC(=O)c1cccc(S(=O)(=O)N2CCCC2)c1)C(C)C. The van der Waals surface area contributed by atoms with Gasteiger partial charge in [-0.1, -0.05) is 19.9 Å². The molecule has 28 heavy (non-hydrogen) atoms. The van der Waals surface area contributed by atoms with Gasteiger partial charge in [0.25, 0.3) is 11.8 Å². The van der Waals surface area contributed by atoms with Gasteiger partial charge in [-0.2, -0.15) is 4.31 Å². The van der Waals surface area contributed by atoms with Crippen molar-refractivity contribution in [3.63, 3.8) is 0 Å². The maximum absolute atomic E-state index is 12.6. The molecule has 1 heterocycles. The first-order chi connectivity index (χ1) is 13.1. The van der Waals surface area contributed by atoms with Crippen molar-refractivity contribution < 1.29 is 22.8 Å². The minimum atomic E-state index is -3.65. The van der Waals surface area contributed by atoms with E-state index in [4.69, 9.17) is 0 Å². The van der Waals surface area contributed by atoms with Crippen LogP contribution in [0.2, 0.25) is 0 Å². The van der Waals surface area contributed by atoms with E-state index >= 15 is 0 Å². The third-order valence-corrected chi connectivity index (χ3v) is 6.30. The molecule has 1 atom stereocenters. The molecule has 0 unspecified atom stereocenters. The fourth-order valence-electron chi connectivity index (χ4n) is 2.90. The van der Waals surface area contributed by atoms with Crippen LogP contribution in [0.4, 0.5) is 0 Å². The molecule has 0 bridgehead atoms. The number of carbonyl (C=O) groups excluding carboxylic acids is 3. The van der Waals surface area contributed by atoms with Gasteiger partial charge in [0.1, 0.15) is 6.04 Å². The molecule has 1 aromatic rings. The van der Waals surface area contributed by atoms with Crippen molar-refractivity contribution >= 4 is 27.7 Å². The van der Waals surface area contributed by atoms with Crippen LogP contribution in [0.5, 0.6) is 0 Å². The van der Waals surface area contributed by atoms with Crippen molar-refractivity contribution in [1.82, 2.24) is 20.5 Å². The Morgan fingerprint density at radius 3 is 2.29 bits per heavy atom. The van der Waals surface area contributed by atoms with Gasteiger partial charge in [-0.3, -0.25) is 25.2 Å². The lowest BCUT2D eigenvalue weighted by molar-refractivity contribution is -0.129. The molecule has 154 valence electrons. The van der Waals surface area contributed by atoms with Gasteiger partial charge in [0, 0.05) is 25.6 Å². The second-order valence-corrected chi connectivity index (χ2v) is 8.94. The number of benzene rings is 1. The zero-order valence-corrected chi connectivity index (χ0v) is 17.0. The summed E-state index contributed by atoms with van der Waals surface area (Å²) in [6.07, 6.45) is 1.63. The van der Waals surface area contributed by atoms with Crippen molar-refractivity contribution in [3.05, 3.63) is 29.8 Å². The van der Waals surface area contributed by atoms with Crippen molar-refractivity contribution in [2.24, 2.45) is 5.92 Å². The molecule has 0 spiro atoms. The molecule has 0 radical (unpaired) electrons. The van der Waals surface area contributed by atoms with Crippen LogP contribution >= 0.6 is 0 Å². The Bertz CT molecular complexity index is 847. The summed E-state index contributed by atoms with van der Waals surface area (Å²) in [5.74, 6) is -1.77. The number of hydrogen-bond acceptors (Lipinski definition) is 5. The Kier molecular flexibility index (Phi) is 7.14. The van der Waals surface area contributed by atoms with E-state index in [0.29, 0.717) is 13.1 Å². The quantitative estimate of drug-likeness (QED) is 0.585. The molecule has 0 saturated carbocycles. The van der Waals surface area contributed by atoms with Crippen LogP contribution in [0.3, 0.4) is 0 Å². The van der Waals surface area contributed by atoms with Gasteiger partial charge in [-0.25, -0.2) is 8.42 Å². The van der Waals surface area contributed by atoms with Gasteiger partial charge in [0.05, 0.1) is 4.90 Å². The van der Waals surface area contributed by atoms with Gasteiger partial charge >= 0.3 is 0 Å². The van der Waals surface area contributed by atoms with Gasteiger partial charge in [0.15, 0.2) is 0 Å². The minimum Gasteiger partial charge on any atom is -0.344 e. The topological polar surface area (TPSA) is 125 Å². The number of hydrazine groups is 1. The number of carbonyl (C=O) groups is 3. The molecule has 1 aliphatic rings. The summed E-state index contributed by atoms with van der Waals surface area (Å²) in [6.45, 7) is 5.75. The van der Waals surface area contributed by atoms with Crippen molar-refractivity contribution in [2.75, 3.05) is 13.1 Å². The van der Waals surface area contributed by atoms with Crippen LogP contribution in [-0.2, 0) is 19.6 Å². The molecule has 0 aliphatic carbocycles. The Labute approximate surface area is 164 Å². The fraction of sp³-hybridized carbons (Fsp3) is 0.500. The molecule has 3 N–H and O–H groups in total. The van der Waals surface area contributed by atoms with E-state index in [0.717, 1.165) is 12.8 Å². The average Bonchev–Trinajstić information content (AvgIpc) is 3.19. The molecule has 2 rings (SSSR count). The first kappa shape index (κ1) is 21.8. The Balaban J connectivity index is 2.06. The summed E-state index contributed by atoms with van der Waals surface area (Å²) >= 11 is 0. The van der Waals surface area contributed by atoms with Crippen LogP contribution in [0.15, 0.2) is 29.2 Å². The summed E-state index contributed by atoms with van der Waals surface area (Å²) in [7, 11) is -3.65. The summed E-state index contributed by atoms with van der Waals surface area (Å²) in [5, 5.41) is 2.52. The Hall–Kier alpha value is -2.46. The van der Waals surface area contributed by atoms with E-state index in [9.17, 15) is 22.8 Å². The number of sulfonamides is 1. The van der Waals surface area contributed by atoms with E-state index in [-0.39, 0.29) is 22.3 Å². The van der Waals surface area contributed by atoms with Crippen LogP contribution in [0.1, 0.15) is 44.0 Å². The van der Waals surface area contributed by atoms with Crippen LogP contribution in [0.25, 0.3) is 0 Å². The Morgan fingerprint density at radius 2 is 1.71 bits per heavy atom. The van der Waals surface area contributed by atoms with Crippen LogP contribution < -0.4 is 16.2 Å². The van der Waals surface area contributed by atoms with Gasteiger partial charge < -0.3 is 5.32 Å². The molecule has 1 fully saturated rings. The first-order valence-corrected chi connectivity index (χ1v) is 10.5. The monoisotopic (exact) mass is 410 g/mol. The zero-order chi connectivity index (χ0) is 20.9. The zero-order valence-electron chi connectivity index (χ0n) is 16.2. The molecule has 1 aliphatic heterocycles. The summed E-state index contributed by atoms with van der Waals surface area (Å²) in [6, 6.07) is 4.85. The number of nitrogens with zero attached hydrogens (tertiary/aromatic N) is 1. The highest BCUT2D eigenvalue weighted by atomic mass is 32.2. The van der Waals surface area contributed by atoms with Crippen molar-refractivity contribution in [3.8, 4) is 0 Å². The molecule has 3 amide bonds. The fourth-order valence-corrected chi connectivity index (χ4v) is 4.46. The highest BCUT2D eigenvalue weighted by Crippen LogP contribution is 2.21. The molecule has 1 aromatic carbocycles. The lowest BCUT2D eigenvalue weighted by Crippen LogP contribution is -2.54. The van der Waals surface area contributed by atoms with Gasteiger partial charge in [-0.05, 0) is 37.0 Å².